The summed E-state index contributed by atoms with van der Waals surface area (Å²) in [6.45, 7) is 4.05. The normalized spacial score (nSPS) is 10.7. The third-order valence-corrected chi connectivity index (χ3v) is 2.26. The van der Waals surface area contributed by atoms with Crippen molar-refractivity contribution in [3.05, 3.63) is 29.5 Å². The molecule has 2 aromatic rings. The van der Waals surface area contributed by atoms with Gasteiger partial charge in [0.2, 0.25) is 0 Å². The largest absolute Gasteiger partial charge is 0.497 e. The van der Waals surface area contributed by atoms with Crippen LogP contribution in [-0.4, -0.2) is 7.11 Å². The van der Waals surface area contributed by atoms with E-state index in [1.165, 1.54) is 0 Å². The second kappa shape index (κ2) is 2.80. The Balaban J connectivity index is 2.80. The first kappa shape index (κ1) is 8.17. The molecule has 1 aromatic carbocycles. The Morgan fingerprint density at radius 3 is 2.62 bits per heavy atom. The molecule has 68 valence electrons. The van der Waals surface area contributed by atoms with Gasteiger partial charge in [-0.25, -0.2) is 0 Å². The van der Waals surface area contributed by atoms with E-state index in [1.54, 1.807) is 13.4 Å². The van der Waals surface area contributed by atoms with Gasteiger partial charge in [0.25, 0.3) is 0 Å². The fraction of sp³-hybridized carbons (Fsp3) is 0.273. The zero-order valence-electron chi connectivity index (χ0n) is 8.05. The maximum atomic E-state index is 5.42. The van der Waals surface area contributed by atoms with Crippen LogP contribution in [0.25, 0.3) is 11.0 Å². The first-order chi connectivity index (χ1) is 6.22. The molecule has 0 spiro atoms. The third-order valence-electron chi connectivity index (χ3n) is 2.26. The third kappa shape index (κ3) is 1.18. The van der Waals surface area contributed by atoms with E-state index in [2.05, 4.69) is 0 Å². The summed E-state index contributed by atoms with van der Waals surface area (Å²) in [4.78, 5) is 0. The van der Waals surface area contributed by atoms with Crippen molar-refractivity contribution in [1.29, 1.82) is 0 Å². The maximum absolute atomic E-state index is 5.42. The molecule has 2 heteroatoms. The highest BCUT2D eigenvalue weighted by Gasteiger charge is 2.06. The molecule has 0 bridgehead atoms. The van der Waals surface area contributed by atoms with Gasteiger partial charge in [-0.05, 0) is 37.1 Å². The monoisotopic (exact) mass is 176 g/mol. The molecule has 0 amide bonds. The summed E-state index contributed by atoms with van der Waals surface area (Å²) in [7, 11) is 1.68. The molecule has 1 heterocycles. The van der Waals surface area contributed by atoms with Crippen LogP contribution in [0.3, 0.4) is 0 Å². The Kier molecular flexibility index (Phi) is 1.76. The standard InChI is InChI=1S/C11H12O2/c1-7-4-9(12-3)5-10-8(2)6-13-11(7)10/h4-6H,1-3H3. The van der Waals surface area contributed by atoms with Crippen molar-refractivity contribution in [2.75, 3.05) is 7.11 Å². The molecule has 0 aliphatic heterocycles. The molecule has 2 rings (SSSR count). The minimum absolute atomic E-state index is 0.884. The van der Waals surface area contributed by atoms with E-state index in [0.717, 1.165) is 27.8 Å². The van der Waals surface area contributed by atoms with Crippen molar-refractivity contribution in [1.82, 2.24) is 0 Å². The molecule has 13 heavy (non-hydrogen) atoms. The van der Waals surface area contributed by atoms with Crippen LogP contribution in [-0.2, 0) is 0 Å². The summed E-state index contributed by atoms with van der Waals surface area (Å²) in [5.74, 6) is 0.884. The summed E-state index contributed by atoms with van der Waals surface area (Å²) in [5.41, 5.74) is 3.22. The molecule has 1 aromatic heterocycles. The fourth-order valence-electron chi connectivity index (χ4n) is 1.52. The molecular formula is C11H12O2. The van der Waals surface area contributed by atoms with Gasteiger partial charge in [0.05, 0.1) is 13.4 Å². The lowest BCUT2D eigenvalue weighted by Gasteiger charge is -2.01. The van der Waals surface area contributed by atoms with E-state index < -0.39 is 0 Å². The number of ether oxygens (including phenoxy) is 1. The predicted octanol–water partition coefficient (Wildman–Crippen LogP) is 3.06. The van der Waals surface area contributed by atoms with E-state index >= 15 is 0 Å². The molecule has 0 atom stereocenters. The quantitative estimate of drug-likeness (QED) is 0.666. The van der Waals surface area contributed by atoms with Gasteiger partial charge in [0.15, 0.2) is 0 Å². The number of hydrogen-bond acceptors (Lipinski definition) is 2. The molecule has 0 aliphatic carbocycles. The van der Waals surface area contributed by atoms with Crippen LogP contribution in [0.4, 0.5) is 0 Å². The van der Waals surface area contributed by atoms with Gasteiger partial charge in [-0.2, -0.15) is 0 Å². The smallest absolute Gasteiger partial charge is 0.137 e. The van der Waals surface area contributed by atoms with Crippen molar-refractivity contribution in [2.24, 2.45) is 0 Å². The number of methoxy groups -OCH3 is 1. The van der Waals surface area contributed by atoms with E-state index in [1.807, 2.05) is 26.0 Å². The number of rotatable bonds is 1. The Labute approximate surface area is 77.1 Å². The van der Waals surface area contributed by atoms with Crippen LogP contribution in [0.2, 0.25) is 0 Å². The number of hydrogen-bond donors (Lipinski definition) is 0. The predicted molar refractivity (Wildman–Crippen MR) is 52.2 cm³/mol. The highest BCUT2D eigenvalue weighted by molar-refractivity contribution is 5.85. The molecule has 2 nitrogen and oxygen atoms in total. The topological polar surface area (TPSA) is 22.4 Å². The molecule has 0 unspecified atom stereocenters. The number of fused-ring (bicyclic) bond motifs is 1. The number of furan rings is 1. The maximum Gasteiger partial charge on any atom is 0.137 e. The minimum atomic E-state index is 0.884. The summed E-state index contributed by atoms with van der Waals surface area (Å²) in [5, 5.41) is 1.14. The molecule has 0 saturated heterocycles. The van der Waals surface area contributed by atoms with Gasteiger partial charge in [0.1, 0.15) is 11.3 Å². The average Bonchev–Trinajstić information content (AvgIpc) is 2.48. The molecule has 0 N–H and O–H groups in total. The lowest BCUT2D eigenvalue weighted by Crippen LogP contribution is -1.84. The zero-order valence-corrected chi connectivity index (χ0v) is 8.05. The first-order valence-corrected chi connectivity index (χ1v) is 4.25. The van der Waals surface area contributed by atoms with Crippen molar-refractivity contribution < 1.29 is 9.15 Å². The van der Waals surface area contributed by atoms with Crippen LogP contribution in [0.5, 0.6) is 5.75 Å². The van der Waals surface area contributed by atoms with Gasteiger partial charge < -0.3 is 9.15 Å². The molecule has 0 saturated carbocycles. The average molecular weight is 176 g/mol. The highest BCUT2D eigenvalue weighted by atomic mass is 16.5. The minimum Gasteiger partial charge on any atom is -0.497 e. The molecule has 0 fully saturated rings. The van der Waals surface area contributed by atoms with Crippen LogP contribution >= 0.6 is 0 Å². The Bertz CT molecular complexity index is 441. The highest BCUT2D eigenvalue weighted by Crippen LogP contribution is 2.28. The molecular weight excluding hydrogens is 164 g/mol. The Morgan fingerprint density at radius 1 is 1.15 bits per heavy atom. The Hall–Kier alpha value is -1.44. The van der Waals surface area contributed by atoms with Gasteiger partial charge >= 0.3 is 0 Å². The fourth-order valence-corrected chi connectivity index (χ4v) is 1.52. The summed E-state index contributed by atoms with van der Waals surface area (Å²) < 4.78 is 10.6. The van der Waals surface area contributed by atoms with Crippen LogP contribution < -0.4 is 4.74 Å². The summed E-state index contributed by atoms with van der Waals surface area (Å²) in [6, 6.07) is 3.98. The zero-order chi connectivity index (χ0) is 9.42. The lowest BCUT2D eigenvalue weighted by atomic mass is 10.1. The summed E-state index contributed by atoms with van der Waals surface area (Å²) in [6.07, 6.45) is 1.77. The van der Waals surface area contributed by atoms with Gasteiger partial charge in [-0.1, -0.05) is 0 Å². The Morgan fingerprint density at radius 2 is 1.92 bits per heavy atom. The van der Waals surface area contributed by atoms with Crippen molar-refractivity contribution >= 4 is 11.0 Å². The second-order valence-electron chi connectivity index (χ2n) is 3.24. The van der Waals surface area contributed by atoms with E-state index in [4.69, 9.17) is 9.15 Å². The number of aryl methyl sites for hydroxylation is 2. The first-order valence-electron chi connectivity index (χ1n) is 4.25. The molecule has 0 radical (unpaired) electrons. The van der Waals surface area contributed by atoms with E-state index in [9.17, 15) is 0 Å². The molecule has 0 aliphatic rings. The van der Waals surface area contributed by atoms with Gasteiger partial charge in [-0.3, -0.25) is 0 Å². The van der Waals surface area contributed by atoms with Crippen LogP contribution in [0, 0.1) is 13.8 Å². The number of benzene rings is 1. The van der Waals surface area contributed by atoms with Crippen molar-refractivity contribution in [2.45, 2.75) is 13.8 Å². The second-order valence-corrected chi connectivity index (χ2v) is 3.24. The van der Waals surface area contributed by atoms with Gasteiger partial charge in [0, 0.05) is 5.39 Å². The SMILES string of the molecule is COc1cc(C)c2occ(C)c2c1. The van der Waals surface area contributed by atoms with E-state index in [0.29, 0.717) is 0 Å². The van der Waals surface area contributed by atoms with Crippen molar-refractivity contribution in [3.63, 3.8) is 0 Å². The summed E-state index contributed by atoms with van der Waals surface area (Å²) >= 11 is 0. The lowest BCUT2D eigenvalue weighted by molar-refractivity contribution is 0.415. The van der Waals surface area contributed by atoms with Crippen molar-refractivity contribution in [3.8, 4) is 5.75 Å². The van der Waals surface area contributed by atoms with E-state index in [-0.39, 0.29) is 0 Å². The van der Waals surface area contributed by atoms with Crippen LogP contribution in [0.15, 0.2) is 22.8 Å². The van der Waals surface area contributed by atoms with Crippen LogP contribution in [0.1, 0.15) is 11.1 Å². The van der Waals surface area contributed by atoms with Gasteiger partial charge in [-0.15, -0.1) is 0 Å².